The zero-order valence-electron chi connectivity index (χ0n) is 8.61. The third-order valence-corrected chi connectivity index (χ3v) is 4.28. The number of rotatable bonds is 1. The molecule has 2 heterocycles. The molecule has 1 N–H and O–H groups in total. The first-order valence-corrected chi connectivity index (χ1v) is 6.59. The molecule has 2 aromatic heterocycles. The molecule has 0 spiro atoms. The van der Waals surface area contributed by atoms with Crippen LogP contribution >= 0.6 is 27.3 Å². The molecule has 0 fully saturated rings. The summed E-state index contributed by atoms with van der Waals surface area (Å²) in [5, 5.41) is 0.649. The molecule has 17 heavy (non-hydrogen) atoms. The fourth-order valence-corrected chi connectivity index (χ4v) is 3.56. The van der Waals surface area contributed by atoms with Crippen molar-refractivity contribution in [3.63, 3.8) is 0 Å². The molecule has 3 aromatic rings. The number of halogens is 1. The summed E-state index contributed by atoms with van der Waals surface area (Å²) in [6.07, 6.45) is 1.43. The predicted octanol–water partition coefficient (Wildman–Crippen LogP) is 3.41. The van der Waals surface area contributed by atoms with E-state index in [9.17, 15) is 4.79 Å². The summed E-state index contributed by atoms with van der Waals surface area (Å²) in [6, 6.07) is 9.83. The van der Waals surface area contributed by atoms with E-state index in [1.54, 1.807) is 0 Å². The Morgan fingerprint density at radius 2 is 2.00 bits per heavy atom. The number of benzene rings is 1. The molecule has 0 saturated carbocycles. The summed E-state index contributed by atoms with van der Waals surface area (Å²) >= 11 is 4.98. The van der Waals surface area contributed by atoms with Gasteiger partial charge in [0.15, 0.2) is 0 Å². The highest BCUT2D eigenvalue weighted by Crippen LogP contribution is 2.39. The molecule has 84 valence electrons. The topological polar surface area (TPSA) is 45.8 Å². The van der Waals surface area contributed by atoms with Crippen molar-refractivity contribution in [3.8, 4) is 11.1 Å². The minimum Gasteiger partial charge on any atom is -0.313 e. The van der Waals surface area contributed by atoms with Crippen LogP contribution in [0.1, 0.15) is 0 Å². The standard InChI is InChI=1S/C12H7BrN2OS/c13-10-8(7-4-2-1-3-5-7)9-11(16)14-6-15-12(9)17-10/h1-6H,(H,14,15,16). The molecule has 5 heteroatoms. The van der Waals surface area contributed by atoms with E-state index < -0.39 is 0 Å². The average molecular weight is 307 g/mol. The van der Waals surface area contributed by atoms with Gasteiger partial charge in [-0.25, -0.2) is 4.98 Å². The van der Waals surface area contributed by atoms with Crippen LogP contribution in [-0.4, -0.2) is 9.97 Å². The van der Waals surface area contributed by atoms with E-state index in [4.69, 9.17) is 0 Å². The van der Waals surface area contributed by atoms with Crippen molar-refractivity contribution < 1.29 is 0 Å². The van der Waals surface area contributed by atoms with Gasteiger partial charge >= 0.3 is 0 Å². The smallest absolute Gasteiger partial charge is 0.260 e. The zero-order chi connectivity index (χ0) is 11.8. The Kier molecular flexibility index (Phi) is 2.57. The van der Waals surface area contributed by atoms with Crippen LogP contribution in [0.15, 0.2) is 45.2 Å². The highest BCUT2D eigenvalue weighted by Gasteiger charge is 2.15. The van der Waals surface area contributed by atoms with Gasteiger partial charge in [0.25, 0.3) is 5.56 Å². The summed E-state index contributed by atoms with van der Waals surface area (Å²) in [5.74, 6) is 0. The number of aromatic nitrogens is 2. The summed E-state index contributed by atoms with van der Waals surface area (Å²) in [4.78, 5) is 19.4. The maximum absolute atomic E-state index is 11.9. The Morgan fingerprint density at radius 3 is 2.76 bits per heavy atom. The van der Waals surface area contributed by atoms with Gasteiger partial charge in [-0.05, 0) is 21.5 Å². The Hall–Kier alpha value is -1.46. The lowest BCUT2D eigenvalue weighted by Gasteiger charge is -1.99. The largest absolute Gasteiger partial charge is 0.313 e. The predicted molar refractivity (Wildman–Crippen MR) is 73.4 cm³/mol. The molecule has 0 atom stereocenters. The van der Waals surface area contributed by atoms with Gasteiger partial charge in [0.2, 0.25) is 0 Å². The van der Waals surface area contributed by atoms with Crippen LogP contribution in [0.2, 0.25) is 0 Å². The van der Waals surface area contributed by atoms with Crippen molar-refractivity contribution in [1.29, 1.82) is 0 Å². The first-order valence-electron chi connectivity index (χ1n) is 4.98. The molecule has 1 aromatic carbocycles. The van der Waals surface area contributed by atoms with E-state index in [0.717, 1.165) is 19.7 Å². The maximum atomic E-state index is 11.9. The van der Waals surface area contributed by atoms with Gasteiger partial charge in [-0.3, -0.25) is 4.79 Å². The summed E-state index contributed by atoms with van der Waals surface area (Å²) in [7, 11) is 0. The van der Waals surface area contributed by atoms with Gasteiger partial charge in [0, 0.05) is 5.56 Å². The highest BCUT2D eigenvalue weighted by atomic mass is 79.9. The van der Waals surface area contributed by atoms with Crippen LogP contribution in [0.3, 0.4) is 0 Å². The van der Waals surface area contributed by atoms with Crippen LogP contribution in [0.25, 0.3) is 21.3 Å². The van der Waals surface area contributed by atoms with Crippen molar-refractivity contribution >= 4 is 37.5 Å². The number of aromatic amines is 1. The monoisotopic (exact) mass is 306 g/mol. The van der Waals surface area contributed by atoms with Gasteiger partial charge in [-0.2, -0.15) is 0 Å². The Labute approximate surface area is 109 Å². The Bertz CT molecular complexity index is 733. The van der Waals surface area contributed by atoms with Gasteiger partial charge in [-0.15, -0.1) is 11.3 Å². The van der Waals surface area contributed by atoms with Crippen molar-refractivity contribution in [3.05, 3.63) is 50.8 Å². The molecular formula is C12H7BrN2OS. The van der Waals surface area contributed by atoms with Crippen molar-refractivity contribution in [2.24, 2.45) is 0 Å². The summed E-state index contributed by atoms with van der Waals surface area (Å²) in [5.41, 5.74) is 1.83. The van der Waals surface area contributed by atoms with E-state index in [0.29, 0.717) is 5.39 Å². The van der Waals surface area contributed by atoms with Crippen LogP contribution < -0.4 is 5.56 Å². The third-order valence-electron chi connectivity index (χ3n) is 2.51. The number of nitrogens with one attached hydrogen (secondary N) is 1. The number of hydrogen-bond acceptors (Lipinski definition) is 3. The second-order valence-electron chi connectivity index (χ2n) is 3.53. The van der Waals surface area contributed by atoms with E-state index >= 15 is 0 Å². The Morgan fingerprint density at radius 1 is 1.24 bits per heavy atom. The fraction of sp³-hybridized carbons (Fsp3) is 0. The minimum absolute atomic E-state index is 0.101. The summed E-state index contributed by atoms with van der Waals surface area (Å²) in [6.45, 7) is 0. The first-order chi connectivity index (χ1) is 8.27. The maximum Gasteiger partial charge on any atom is 0.260 e. The number of thiophene rings is 1. The average Bonchev–Trinajstić information content (AvgIpc) is 2.68. The molecule has 0 aliphatic heterocycles. The van der Waals surface area contributed by atoms with Gasteiger partial charge in [-0.1, -0.05) is 30.3 Å². The second kappa shape index (κ2) is 4.09. The van der Waals surface area contributed by atoms with E-state index in [2.05, 4.69) is 25.9 Å². The second-order valence-corrected chi connectivity index (χ2v) is 5.85. The highest BCUT2D eigenvalue weighted by molar-refractivity contribution is 9.11. The molecule has 0 radical (unpaired) electrons. The number of hydrogen-bond donors (Lipinski definition) is 1. The third kappa shape index (κ3) is 1.71. The molecular weight excluding hydrogens is 300 g/mol. The number of fused-ring (bicyclic) bond motifs is 1. The van der Waals surface area contributed by atoms with Crippen LogP contribution in [-0.2, 0) is 0 Å². The first kappa shape index (κ1) is 10.7. The lowest BCUT2D eigenvalue weighted by atomic mass is 10.1. The zero-order valence-corrected chi connectivity index (χ0v) is 11.0. The molecule has 0 aliphatic rings. The van der Waals surface area contributed by atoms with Gasteiger partial charge in [0.05, 0.1) is 15.5 Å². The van der Waals surface area contributed by atoms with Crippen molar-refractivity contribution in [2.45, 2.75) is 0 Å². The number of nitrogens with zero attached hydrogens (tertiary/aromatic N) is 1. The molecule has 0 aliphatic carbocycles. The van der Waals surface area contributed by atoms with Crippen LogP contribution in [0, 0.1) is 0 Å². The molecule has 0 unspecified atom stereocenters. The van der Waals surface area contributed by atoms with Crippen LogP contribution in [0.4, 0.5) is 0 Å². The van der Waals surface area contributed by atoms with E-state index in [-0.39, 0.29) is 5.56 Å². The molecule has 0 saturated heterocycles. The van der Waals surface area contributed by atoms with Crippen molar-refractivity contribution in [2.75, 3.05) is 0 Å². The molecule has 3 nitrogen and oxygen atoms in total. The normalized spacial score (nSPS) is 10.9. The fourth-order valence-electron chi connectivity index (χ4n) is 1.78. The Balaban J connectivity index is 2.44. The molecule has 3 rings (SSSR count). The van der Waals surface area contributed by atoms with Gasteiger partial charge in [0.1, 0.15) is 4.83 Å². The van der Waals surface area contributed by atoms with Crippen molar-refractivity contribution in [1.82, 2.24) is 9.97 Å². The quantitative estimate of drug-likeness (QED) is 0.749. The lowest BCUT2D eigenvalue weighted by molar-refractivity contribution is 1.18. The molecule has 0 amide bonds. The SMILES string of the molecule is O=c1[nH]cnc2sc(Br)c(-c3ccccc3)c12. The van der Waals surface area contributed by atoms with E-state index in [1.165, 1.54) is 17.7 Å². The minimum atomic E-state index is -0.101. The molecule has 0 bridgehead atoms. The van der Waals surface area contributed by atoms with Gasteiger partial charge < -0.3 is 4.98 Å². The van der Waals surface area contributed by atoms with E-state index in [1.807, 2.05) is 30.3 Å². The van der Waals surface area contributed by atoms with Crippen LogP contribution in [0.5, 0.6) is 0 Å². The lowest BCUT2D eigenvalue weighted by Crippen LogP contribution is -2.05. The summed E-state index contributed by atoms with van der Waals surface area (Å²) < 4.78 is 0.933. The number of H-pyrrole nitrogens is 1.